The lowest BCUT2D eigenvalue weighted by molar-refractivity contribution is -0.170. The monoisotopic (exact) mass is 581 g/mol. The molecule has 1 aliphatic carbocycles. The van der Waals surface area contributed by atoms with Crippen LogP contribution in [0.1, 0.15) is 12.8 Å². The van der Waals surface area contributed by atoms with E-state index in [-0.39, 0.29) is 58.3 Å². The summed E-state index contributed by atoms with van der Waals surface area (Å²) in [6.07, 6.45) is -0.625. The van der Waals surface area contributed by atoms with Crippen molar-refractivity contribution in [2.75, 3.05) is 18.0 Å². The maximum absolute atomic E-state index is 13.9. The lowest BCUT2D eigenvalue weighted by Gasteiger charge is -2.59. The van der Waals surface area contributed by atoms with E-state index in [0.717, 1.165) is 16.7 Å². The van der Waals surface area contributed by atoms with Crippen LogP contribution in [0.5, 0.6) is 0 Å². The summed E-state index contributed by atoms with van der Waals surface area (Å²) in [4.78, 5) is 43.8. The van der Waals surface area contributed by atoms with E-state index in [1.54, 1.807) is 4.90 Å². The summed E-state index contributed by atoms with van der Waals surface area (Å²) in [6.45, 7) is -0.187. The summed E-state index contributed by atoms with van der Waals surface area (Å²) in [5, 5.41) is 9.20. The van der Waals surface area contributed by atoms with Gasteiger partial charge in [0.25, 0.3) is 5.56 Å². The highest BCUT2D eigenvalue weighted by molar-refractivity contribution is 9.10. The molecule has 1 aliphatic heterocycles. The molecule has 0 radical (unpaired) electrons. The van der Waals surface area contributed by atoms with Crippen molar-refractivity contribution in [2.45, 2.75) is 25.3 Å². The first kappa shape index (κ1) is 24.4. The molecule has 1 spiro atoms. The van der Waals surface area contributed by atoms with E-state index in [2.05, 4.69) is 20.9 Å². The predicted molar refractivity (Wildman–Crippen MR) is 129 cm³/mol. The predicted octanol–water partition coefficient (Wildman–Crippen LogP) is 3.67. The molecule has 186 valence electrons. The Hall–Kier alpha value is -3.30. The van der Waals surface area contributed by atoms with Gasteiger partial charge in [-0.15, -0.1) is 0 Å². The van der Waals surface area contributed by atoms with Gasteiger partial charge >= 0.3 is 5.69 Å². The number of pyridine rings is 1. The van der Waals surface area contributed by atoms with Crippen LogP contribution in [-0.4, -0.2) is 33.1 Å². The van der Waals surface area contributed by atoms with Crippen LogP contribution in [0.2, 0.25) is 5.02 Å². The number of nitriles is 1. The van der Waals surface area contributed by atoms with Crippen molar-refractivity contribution in [3.05, 3.63) is 76.8 Å². The maximum Gasteiger partial charge on any atom is 0.339 e. The smallest absolute Gasteiger partial charge is 0.339 e. The van der Waals surface area contributed by atoms with Gasteiger partial charge in [0.2, 0.25) is 5.92 Å². The highest BCUT2D eigenvalue weighted by Crippen LogP contribution is 2.57. The lowest BCUT2D eigenvalue weighted by atomic mass is 9.61. The van der Waals surface area contributed by atoms with Crippen molar-refractivity contribution in [2.24, 2.45) is 5.41 Å². The summed E-state index contributed by atoms with van der Waals surface area (Å²) in [5.41, 5.74) is -2.87. The largest absolute Gasteiger partial charge is 0.356 e. The number of nitrogens with zero attached hydrogens (tertiary/aromatic N) is 4. The van der Waals surface area contributed by atoms with Crippen LogP contribution in [-0.2, 0) is 6.54 Å². The van der Waals surface area contributed by atoms with Crippen molar-refractivity contribution in [3.8, 4) is 23.0 Å². The first-order valence-electron chi connectivity index (χ1n) is 10.7. The van der Waals surface area contributed by atoms with E-state index in [0.29, 0.717) is 4.57 Å². The van der Waals surface area contributed by atoms with Gasteiger partial charge in [0.1, 0.15) is 24.0 Å². The van der Waals surface area contributed by atoms with E-state index >= 15 is 0 Å². The van der Waals surface area contributed by atoms with E-state index in [4.69, 9.17) is 11.6 Å². The molecule has 13 heteroatoms. The highest BCUT2D eigenvalue weighted by Gasteiger charge is 2.62. The zero-order chi connectivity index (χ0) is 26.0. The van der Waals surface area contributed by atoms with Crippen LogP contribution in [0.25, 0.3) is 16.9 Å². The standard InChI is InChI=1S/C23H16BrClF3N5O3/c24-16-6-13(34)7-17(30-16)33-20(35)18(12-1-2-15(26)14(25)5-12)19(32(4-3-29)21(33)36)31-10-22(11-31)8-23(27,28)9-22/h1-2,5-7H,4,8-11H2,(H,30,34). The van der Waals surface area contributed by atoms with Gasteiger partial charge in [-0.3, -0.25) is 14.2 Å². The number of nitrogens with one attached hydrogen (secondary N) is 1. The summed E-state index contributed by atoms with van der Waals surface area (Å²) < 4.78 is 43.1. The zero-order valence-electron chi connectivity index (χ0n) is 18.3. The van der Waals surface area contributed by atoms with Gasteiger partial charge < -0.3 is 9.88 Å². The second-order valence-corrected chi connectivity index (χ2v) is 10.4. The van der Waals surface area contributed by atoms with Gasteiger partial charge in [-0.05, 0) is 33.6 Å². The van der Waals surface area contributed by atoms with Crippen molar-refractivity contribution in [1.29, 1.82) is 5.26 Å². The second kappa shape index (κ2) is 8.38. The Morgan fingerprint density at radius 1 is 1.14 bits per heavy atom. The number of alkyl halides is 2. The number of anilines is 1. The van der Waals surface area contributed by atoms with E-state index in [9.17, 15) is 32.8 Å². The second-order valence-electron chi connectivity index (χ2n) is 9.11. The van der Waals surface area contributed by atoms with Crippen LogP contribution in [0, 0.1) is 22.6 Å². The van der Waals surface area contributed by atoms with Gasteiger partial charge in [-0.2, -0.15) is 5.26 Å². The SMILES string of the molecule is N#CCn1c(N2CC3(C2)CC(F)(F)C3)c(-c2ccc(F)c(Cl)c2)c(=O)n(-c2cc(=O)cc(Br)[nH]2)c1=O. The van der Waals surface area contributed by atoms with Crippen molar-refractivity contribution >= 4 is 33.3 Å². The molecule has 0 amide bonds. The minimum Gasteiger partial charge on any atom is -0.356 e. The topological polar surface area (TPSA) is 104 Å². The molecule has 1 saturated carbocycles. The third-order valence-electron chi connectivity index (χ3n) is 6.41. The molecule has 0 atom stereocenters. The molecule has 3 heterocycles. The van der Waals surface area contributed by atoms with Crippen LogP contribution in [0.3, 0.4) is 0 Å². The number of H-pyrrole nitrogens is 1. The van der Waals surface area contributed by atoms with E-state index in [1.165, 1.54) is 18.2 Å². The number of aromatic nitrogens is 3. The number of benzene rings is 1. The number of rotatable bonds is 4. The third-order valence-corrected chi connectivity index (χ3v) is 7.13. The third kappa shape index (κ3) is 3.96. The fourth-order valence-electron chi connectivity index (χ4n) is 5.10. The Labute approximate surface area is 214 Å². The molecule has 5 rings (SSSR count). The molecule has 1 saturated heterocycles. The number of aromatic amines is 1. The molecule has 2 aliphatic rings. The van der Waals surface area contributed by atoms with Gasteiger partial charge in [0.15, 0.2) is 5.43 Å². The van der Waals surface area contributed by atoms with Crippen LogP contribution in [0.15, 0.2) is 49.3 Å². The Bertz CT molecular complexity index is 1630. The summed E-state index contributed by atoms with van der Waals surface area (Å²) in [7, 11) is 0. The average molecular weight is 583 g/mol. The Morgan fingerprint density at radius 2 is 1.83 bits per heavy atom. The zero-order valence-corrected chi connectivity index (χ0v) is 20.7. The van der Waals surface area contributed by atoms with Crippen molar-refractivity contribution in [3.63, 3.8) is 0 Å². The normalized spacial score (nSPS) is 17.4. The Balaban J connectivity index is 1.79. The Kier molecular flexibility index (Phi) is 5.68. The molecule has 8 nitrogen and oxygen atoms in total. The molecule has 0 bridgehead atoms. The molecular weight excluding hydrogens is 567 g/mol. The fourth-order valence-corrected chi connectivity index (χ4v) is 5.71. The maximum atomic E-state index is 13.9. The number of hydrogen-bond acceptors (Lipinski definition) is 5. The van der Waals surface area contributed by atoms with Gasteiger partial charge in [-0.25, -0.2) is 22.5 Å². The van der Waals surface area contributed by atoms with Crippen LogP contribution < -0.4 is 21.6 Å². The Morgan fingerprint density at radius 3 is 2.42 bits per heavy atom. The van der Waals surface area contributed by atoms with E-state index < -0.39 is 40.4 Å². The fraction of sp³-hybridized carbons (Fsp3) is 0.304. The first-order chi connectivity index (χ1) is 16.9. The van der Waals surface area contributed by atoms with Gasteiger partial charge in [0, 0.05) is 43.5 Å². The van der Waals surface area contributed by atoms with Gasteiger partial charge in [0.05, 0.1) is 21.3 Å². The first-order valence-corrected chi connectivity index (χ1v) is 11.9. The lowest BCUT2D eigenvalue weighted by Crippen LogP contribution is -2.67. The van der Waals surface area contributed by atoms with Gasteiger partial charge in [-0.1, -0.05) is 17.7 Å². The molecule has 36 heavy (non-hydrogen) atoms. The average Bonchev–Trinajstić information content (AvgIpc) is 2.73. The summed E-state index contributed by atoms with van der Waals surface area (Å²) in [5.74, 6) is -3.61. The molecule has 2 aromatic heterocycles. The minimum absolute atomic E-state index is 0.0451. The quantitative estimate of drug-likeness (QED) is 0.473. The van der Waals surface area contributed by atoms with Crippen LogP contribution >= 0.6 is 27.5 Å². The summed E-state index contributed by atoms with van der Waals surface area (Å²) >= 11 is 9.10. The molecule has 1 aromatic carbocycles. The van der Waals surface area contributed by atoms with E-state index in [1.807, 2.05) is 6.07 Å². The highest BCUT2D eigenvalue weighted by atomic mass is 79.9. The molecule has 2 fully saturated rings. The van der Waals surface area contributed by atoms with Crippen molar-refractivity contribution < 1.29 is 13.2 Å². The summed E-state index contributed by atoms with van der Waals surface area (Å²) in [6, 6.07) is 7.68. The molecule has 0 unspecified atom stereocenters. The molecular formula is C23H16BrClF3N5O3. The number of hydrogen-bond donors (Lipinski definition) is 1. The van der Waals surface area contributed by atoms with Crippen LogP contribution in [0.4, 0.5) is 19.0 Å². The minimum atomic E-state index is -2.76. The molecule has 3 aromatic rings. The van der Waals surface area contributed by atoms with Crippen molar-refractivity contribution in [1.82, 2.24) is 14.1 Å². The number of halogens is 5. The molecule has 1 N–H and O–H groups in total.